The van der Waals surface area contributed by atoms with Crippen molar-refractivity contribution >= 4 is 11.9 Å². The number of hydrogen-bond donors (Lipinski definition) is 1. The highest BCUT2D eigenvalue weighted by atomic mass is 16.1. The molecule has 1 heterocycles. The molecule has 1 aromatic rings. The summed E-state index contributed by atoms with van der Waals surface area (Å²) in [5.41, 5.74) is 3.78. The van der Waals surface area contributed by atoms with Crippen molar-refractivity contribution in [3.63, 3.8) is 0 Å². The lowest BCUT2D eigenvalue weighted by atomic mass is 9.86. The van der Waals surface area contributed by atoms with Crippen LogP contribution in [0.15, 0.2) is 17.8 Å². The number of aromatic nitrogens is 2. The number of amides is 1. The Morgan fingerprint density at radius 1 is 1.27 bits per heavy atom. The largest absolute Gasteiger partial charge is 0.356 e. The Labute approximate surface area is 157 Å². The molecule has 1 amide bonds. The summed E-state index contributed by atoms with van der Waals surface area (Å²) in [5, 5.41) is 3.15. The van der Waals surface area contributed by atoms with Gasteiger partial charge in [0, 0.05) is 37.4 Å². The van der Waals surface area contributed by atoms with E-state index in [1.807, 2.05) is 6.20 Å². The monoisotopic (exact) mass is 356 g/mol. The molecule has 0 bridgehead atoms. The third-order valence-electron chi connectivity index (χ3n) is 5.68. The highest BCUT2D eigenvalue weighted by Gasteiger charge is 2.26. The molecule has 0 spiro atoms. The van der Waals surface area contributed by atoms with E-state index in [0.29, 0.717) is 0 Å². The minimum Gasteiger partial charge on any atom is -0.356 e. The molecule has 142 valence electrons. The zero-order valence-electron chi connectivity index (χ0n) is 16.3. The van der Waals surface area contributed by atoms with Crippen molar-refractivity contribution in [3.8, 4) is 0 Å². The fourth-order valence-corrected chi connectivity index (χ4v) is 4.00. The second kappa shape index (κ2) is 9.15. The van der Waals surface area contributed by atoms with Crippen molar-refractivity contribution in [2.24, 2.45) is 5.92 Å². The van der Waals surface area contributed by atoms with Gasteiger partial charge >= 0.3 is 0 Å². The number of nitrogens with zero attached hydrogens (tertiary/aromatic N) is 3. The number of hydrogen-bond acceptors (Lipinski definition) is 4. The molecule has 0 saturated heterocycles. The second-order valence-electron chi connectivity index (χ2n) is 7.40. The molecule has 1 unspecified atom stereocenters. The number of carbonyl (C=O) groups excluding carboxylic acids is 1. The van der Waals surface area contributed by atoms with Crippen LogP contribution in [-0.2, 0) is 17.6 Å². The van der Waals surface area contributed by atoms with Gasteiger partial charge in [-0.1, -0.05) is 11.6 Å². The van der Waals surface area contributed by atoms with Gasteiger partial charge in [0.1, 0.15) is 0 Å². The van der Waals surface area contributed by atoms with Crippen LogP contribution >= 0.6 is 0 Å². The Morgan fingerprint density at radius 3 is 2.85 bits per heavy atom. The SMILES string of the molecule is CCN(CC)c1ncc2c(n1)CCC(C(=O)NCCC1=CCCCC1)C2. The van der Waals surface area contributed by atoms with Gasteiger partial charge in [0.15, 0.2) is 0 Å². The number of aryl methyl sites for hydroxylation is 1. The van der Waals surface area contributed by atoms with Crippen LogP contribution in [0.5, 0.6) is 0 Å². The van der Waals surface area contributed by atoms with Crippen LogP contribution in [0.2, 0.25) is 0 Å². The van der Waals surface area contributed by atoms with Crippen LogP contribution in [0.1, 0.15) is 63.6 Å². The summed E-state index contributed by atoms with van der Waals surface area (Å²) in [6.07, 6.45) is 12.8. The maximum Gasteiger partial charge on any atom is 0.225 e. The molecule has 0 fully saturated rings. The highest BCUT2D eigenvalue weighted by molar-refractivity contribution is 5.79. The minimum absolute atomic E-state index is 0.0609. The lowest BCUT2D eigenvalue weighted by molar-refractivity contribution is -0.125. The minimum atomic E-state index is 0.0609. The number of fused-ring (bicyclic) bond motifs is 1. The Balaban J connectivity index is 1.52. The van der Waals surface area contributed by atoms with Crippen LogP contribution in [0, 0.1) is 5.92 Å². The third-order valence-corrected chi connectivity index (χ3v) is 5.68. The first-order valence-corrected chi connectivity index (χ1v) is 10.3. The van der Waals surface area contributed by atoms with Gasteiger partial charge in [-0.25, -0.2) is 9.97 Å². The molecule has 0 saturated carbocycles. The lowest BCUT2D eigenvalue weighted by Crippen LogP contribution is -2.35. The van der Waals surface area contributed by atoms with E-state index in [0.717, 1.165) is 62.5 Å². The molecule has 5 nitrogen and oxygen atoms in total. The molecular weight excluding hydrogens is 324 g/mol. The average molecular weight is 357 g/mol. The standard InChI is InChI=1S/C21H32N4O/c1-3-25(4-2)21-23-15-18-14-17(10-11-19(18)24-21)20(26)22-13-12-16-8-6-5-7-9-16/h8,15,17H,3-7,9-14H2,1-2H3,(H,22,26). The summed E-state index contributed by atoms with van der Waals surface area (Å²) in [5.74, 6) is 1.07. The fraction of sp³-hybridized carbons (Fsp3) is 0.667. The van der Waals surface area contributed by atoms with Crippen LogP contribution in [-0.4, -0.2) is 35.5 Å². The van der Waals surface area contributed by atoms with Gasteiger partial charge in [0.2, 0.25) is 11.9 Å². The molecule has 1 atom stereocenters. The number of anilines is 1. The van der Waals surface area contributed by atoms with Gasteiger partial charge in [-0.3, -0.25) is 4.79 Å². The topological polar surface area (TPSA) is 58.1 Å². The molecule has 1 N–H and O–H groups in total. The summed E-state index contributed by atoms with van der Waals surface area (Å²) in [6, 6.07) is 0. The number of allylic oxidation sites excluding steroid dienone is 1. The molecule has 5 heteroatoms. The smallest absolute Gasteiger partial charge is 0.225 e. The zero-order chi connectivity index (χ0) is 18.4. The molecule has 2 aliphatic carbocycles. The van der Waals surface area contributed by atoms with Gasteiger partial charge in [0.05, 0.1) is 0 Å². The first kappa shape index (κ1) is 18.9. The Bertz CT molecular complexity index is 651. The molecular formula is C21H32N4O. The van der Waals surface area contributed by atoms with E-state index < -0.39 is 0 Å². The summed E-state index contributed by atoms with van der Waals surface area (Å²) in [4.78, 5) is 24.0. The number of rotatable bonds is 7. The third kappa shape index (κ3) is 4.63. The predicted octanol–water partition coefficient (Wildman–Crippen LogP) is 3.43. The Hall–Kier alpha value is -1.91. The van der Waals surface area contributed by atoms with Gasteiger partial charge in [-0.15, -0.1) is 0 Å². The van der Waals surface area contributed by atoms with E-state index in [9.17, 15) is 4.79 Å². The van der Waals surface area contributed by atoms with E-state index in [1.54, 1.807) is 0 Å². The highest BCUT2D eigenvalue weighted by Crippen LogP contribution is 2.25. The normalized spacial score (nSPS) is 19.5. The summed E-state index contributed by atoms with van der Waals surface area (Å²) in [7, 11) is 0. The van der Waals surface area contributed by atoms with E-state index in [-0.39, 0.29) is 11.8 Å². The molecule has 0 aliphatic heterocycles. The molecule has 3 rings (SSSR count). The van der Waals surface area contributed by atoms with Gasteiger partial charge in [0.25, 0.3) is 0 Å². The first-order valence-electron chi connectivity index (χ1n) is 10.3. The van der Waals surface area contributed by atoms with Gasteiger partial charge in [-0.05, 0) is 70.8 Å². The quantitative estimate of drug-likeness (QED) is 0.761. The van der Waals surface area contributed by atoms with Crippen molar-refractivity contribution in [2.75, 3.05) is 24.5 Å². The molecule has 1 aromatic heterocycles. The molecule has 2 aliphatic rings. The molecule has 0 radical (unpaired) electrons. The zero-order valence-corrected chi connectivity index (χ0v) is 16.3. The first-order chi connectivity index (χ1) is 12.7. The Kier molecular flexibility index (Phi) is 6.64. The van der Waals surface area contributed by atoms with Crippen LogP contribution in [0.25, 0.3) is 0 Å². The van der Waals surface area contributed by atoms with E-state index in [4.69, 9.17) is 4.98 Å². The van der Waals surface area contributed by atoms with Crippen molar-refractivity contribution in [1.82, 2.24) is 15.3 Å². The van der Waals surface area contributed by atoms with Gasteiger partial charge in [-0.2, -0.15) is 0 Å². The number of carbonyl (C=O) groups is 1. The van der Waals surface area contributed by atoms with Crippen LogP contribution < -0.4 is 10.2 Å². The summed E-state index contributed by atoms with van der Waals surface area (Å²) in [6.45, 7) is 6.84. The van der Waals surface area contributed by atoms with Crippen molar-refractivity contribution in [1.29, 1.82) is 0 Å². The lowest BCUT2D eigenvalue weighted by Gasteiger charge is -2.25. The van der Waals surface area contributed by atoms with Crippen molar-refractivity contribution < 1.29 is 4.79 Å². The van der Waals surface area contributed by atoms with E-state index >= 15 is 0 Å². The van der Waals surface area contributed by atoms with Crippen molar-refractivity contribution in [3.05, 3.63) is 29.1 Å². The second-order valence-corrected chi connectivity index (χ2v) is 7.40. The Morgan fingerprint density at radius 2 is 2.12 bits per heavy atom. The maximum absolute atomic E-state index is 12.5. The van der Waals surface area contributed by atoms with Crippen molar-refractivity contribution in [2.45, 2.75) is 65.2 Å². The molecule has 0 aromatic carbocycles. The number of nitrogens with one attached hydrogen (secondary N) is 1. The van der Waals surface area contributed by atoms with Crippen LogP contribution in [0.3, 0.4) is 0 Å². The van der Waals surface area contributed by atoms with Gasteiger partial charge < -0.3 is 10.2 Å². The summed E-state index contributed by atoms with van der Waals surface area (Å²) < 4.78 is 0. The predicted molar refractivity (Wildman–Crippen MR) is 105 cm³/mol. The van der Waals surface area contributed by atoms with E-state index in [2.05, 4.69) is 35.1 Å². The maximum atomic E-state index is 12.5. The fourth-order valence-electron chi connectivity index (χ4n) is 4.00. The van der Waals surface area contributed by atoms with E-state index in [1.165, 1.54) is 31.3 Å². The molecule has 26 heavy (non-hydrogen) atoms. The average Bonchev–Trinajstić information content (AvgIpc) is 2.69. The van der Waals surface area contributed by atoms with Crippen LogP contribution in [0.4, 0.5) is 5.95 Å². The summed E-state index contributed by atoms with van der Waals surface area (Å²) >= 11 is 0.